The van der Waals surface area contributed by atoms with Crippen LogP contribution in [0.1, 0.15) is 0 Å². The molecule has 1 rings (SSSR count). The summed E-state index contributed by atoms with van der Waals surface area (Å²) in [6.07, 6.45) is 1.67. The fourth-order valence-electron chi connectivity index (χ4n) is 1.10. The van der Waals surface area contributed by atoms with E-state index in [1.807, 2.05) is 18.2 Å². The molecule has 0 fully saturated rings. The average molecular weight is 194 g/mol. The third-order valence-electron chi connectivity index (χ3n) is 1.73. The molecule has 0 atom stereocenters. The molecule has 1 aromatic carbocycles. The summed E-state index contributed by atoms with van der Waals surface area (Å²) in [5, 5.41) is 0. The normalized spacial score (nSPS) is 9.29. The molecule has 0 amide bonds. The third kappa shape index (κ3) is 2.19. The van der Waals surface area contributed by atoms with Gasteiger partial charge in [-0.15, -0.1) is 0 Å². The maximum Gasteiger partial charge on any atom is 0.203 e. The molecule has 14 heavy (non-hydrogen) atoms. The van der Waals surface area contributed by atoms with Crippen molar-refractivity contribution >= 4 is 0 Å². The molecule has 0 unspecified atom stereocenters. The van der Waals surface area contributed by atoms with E-state index in [2.05, 4.69) is 6.58 Å². The van der Waals surface area contributed by atoms with E-state index in [0.717, 1.165) is 0 Å². The van der Waals surface area contributed by atoms with Gasteiger partial charge in [0.25, 0.3) is 0 Å². The highest BCUT2D eigenvalue weighted by Gasteiger charge is 2.09. The molecule has 0 radical (unpaired) electrons. The first-order valence-electron chi connectivity index (χ1n) is 4.28. The maximum absolute atomic E-state index is 5.43. The summed E-state index contributed by atoms with van der Waals surface area (Å²) >= 11 is 0. The van der Waals surface area contributed by atoms with Crippen LogP contribution in [0.2, 0.25) is 0 Å². The lowest BCUT2D eigenvalue weighted by atomic mass is 10.3. The topological polar surface area (TPSA) is 27.7 Å². The van der Waals surface area contributed by atoms with Crippen molar-refractivity contribution in [2.24, 2.45) is 0 Å². The van der Waals surface area contributed by atoms with E-state index >= 15 is 0 Å². The van der Waals surface area contributed by atoms with E-state index < -0.39 is 0 Å². The van der Waals surface area contributed by atoms with Crippen molar-refractivity contribution in [1.82, 2.24) is 0 Å². The van der Waals surface area contributed by atoms with Gasteiger partial charge in [0, 0.05) is 0 Å². The van der Waals surface area contributed by atoms with Crippen LogP contribution in [0.25, 0.3) is 0 Å². The summed E-state index contributed by atoms with van der Waals surface area (Å²) in [4.78, 5) is 0. The Hall–Kier alpha value is -1.64. The highest BCUT2D eigenvalue weighted by Crippen LogP contribution is 2.36. The monoisotopic (exact) mass is 194 g/mol. The Morgan fingerprint density at radius 2 is 1.79 bits per heavy atom. The summed E-state index contributed by atoms with van der Waals surface area (Å²) in [7, 11) is 3.19. The molecule has 1 aromatic rings. The number of para-hydroxylation sites is 1. The van der Waals surface area contributed by atoms with Crippen molar-refractivity contribution in [2.75, 3.05) is 20.8 Å². The van der Waals surface area contributed by atoms with Gasteiger partial charge in [-0.3, -0.25) is 0 Å². The van der Waals surface area contributed by atoms with Crippen LogP contribution in [0.3, 0.4) is 0 Å². The van der Waals surface area contributed by atoms with E-state index in [1.54, 1.807) is 20.3 Å². The van der Waals surface area contributed by atoms with Gasteiger partial charge >= 0.3 is 0 Å². The smallest absolute Gasteiger partial charge is 0.203 e. The van der Waals surface area contributed by atoms with E-state index in [-0.39, 0.29) is 0 Å². The molecule has 0 saturated heterocycles. The quantitative estimate of drug-likeness (QED) is 0.673. The predicted octanol–water partition coefficient (Wildman–Crippen LogP) is 2.27. The summed E-state index contributed by atoms with van der Waals surface area (Å²) < 4.78 is 15.7. The molecule has 3 heteroatoms. The van der Waals surface area contributed by atoms with E-state index in [0.29, 0.717) is 23.9 Å². The molecule has 76 valence electrons. The fraction of sp³-hybridized carbons (Fsp3) is 0.273. The minimum Gasteiger partial charge on any atom is -0.493 e. The van der Waals surface area contributed by atoms with Gasteiger partial charge in [0.2, 0.25) is 5.75 Å². The maximum atomic E-state index is 5.43. The SMILES string of the molecule is C=CCOc1c(OC)cccc1OC. The minimum atomic E-state index is 0.427. The van der Waals surface area contributed by atoms with E-state index in [4.69, 9.17) is 14.2 Å². The summed E-state index contributed by atoms with van der Waals surface area (Å²) in [6, 6.07) is 5.49. The van der Waals surface area contributed by atoms with Gasteiger partial charge in [0.1, 0.15) is 6.61 Å². The van der Waals surface area contributed by atoms with Gasteiger partial charge < -0.3 is 14.2 Å². The van der Waals surface area contributed by atoms with Crippen molar-refractivity contribution in [3.63, 3.8) is 0 Å². The van der Waals surface area contributed by atoms with Gasteiger partial charge in [-0.1, -0.05) is 18.7 Å². The zero-order valence-electron chi connectivity index (χ0n) is 8.45. The molecule has 0 spiro atoms. The molecule has 3 nitrogen and oxygen atoms in total. The van der Waals surface area contributed by atoms with Crippen molar-refractivity contribution < 1.29 is 14.2 Å². The van der Waals surface area contributed by atoms with Crippen LogP contribution in [0.5, 0.6) is 17.2 Å². The van der Waals surface area contributed by atoms with Crippen LogP contribution in [-0.4, -0.2) is 20.8 Å². The first kappa shape index (κ1) is 10.4. The second kappa shape index (κ2) is 5.17. The third-order valence-corrected chi connectivity index (χ3v) is 1.73. The van der Waals surface area contributed by atoms with Crippen molar-refractivity contribution in [3.05, 3.63) is 30.9 Å². The number of hydrogen-bond donors (Lipinski definition) is 0. The summed E-state index contributed by atoms with van der Waals surface area (Å²) in [5.74, 6) is 1.93. The molecule has 0 aliphatic heterocycles. The fourth-order valence-corrected chi connectivity index (χ4v) is 1.10. The van der Waals surface area contributed by atoms with Gasteiger partial charge in [-0.2, -0.15) is 0 Å². The Morgan fingerprint density at radius 1 is 1.21 bits per heavy atom. The highest BCUT2D eigenvalue weighted by molar-refractivity contribution is 5.51. The molecule has 0 saturated carbocycles. The Kier molecular flexibility index (Phi) is 3.85. The molecule has 0 aliphatic rings. The molecular formula is C11H14O3. The number of methoxy groups -OCH3 is 2. The van der Waals surface area contributed by atoms with Crippen LogP contribution >= 0.6 is 0 Å². The van der Waals surface area contributed by atoms with Crippen LogP contribution in [0.15, 0.2) is 30.9 Å². The van der Waals surface area contributed by atoms with Crippen LogP contribution in [0, 0.1) is 0 Å². The lowest BCUT2D eigenvalue weighted by Crippen LogP contribution is -1.98. The Morgan fingerprint density at radius 3 is 2.21 bits per heavy atom. The van der Waals surface area contributed by atoms with Crippen LogP contribution < -0.4 is 14.2 Å². The second-order valence-corrected chi connectivity index (χ2v) is 2.59. The lowest BCUT2D eigenvalue weighted by Gasteiger charge is -2.12. The van der Waals surface area contributed by atoms with E-state index in [9.17, 15) is 0 Å². The standard InChI is InChI=1S/C11H14O3/c1-4-8-14-11-9(12-2)6-5-7-10(11)13-3/h4-7H,1,8H2,2-3H3. The zero-order chi connectivity index (χ0) is 10.4. The van der Waals surface area contributed by atoms with Gasteiger partial charge in [-0.05, 0) is 12.1 Å². The second-order valence-electron chi connectivity index (χ2n) is 2.59. The van der Waals surface area contributed by atoms with Crippen molar-refractivity contribution in [3.8, 4) is 17.2 Å². The molecular weight excluding hydrogens is 180 g/mol. The molecule has 0 aliphatic carbocycles. The van der Waals surface area contributed by atoms with Gasteiger partial charge in [-0.25, -0.2) is 0 Å². The first-order valence-corrected chi connectivity index (χ1v) is 4.28. The molecule has 0 N–H and O–H groups in total. The van der Waals surface area contributed by atoms with Crippen molar-refractivity contribution in [1.29, 1.82) is 0 Å². The van der Waals surface area contributed by atoms with Crippen LogP contribution in [-0.2, 0) is 0 Å². The number of rotatable bonds is 5. The first-order chi connectivity index (χ1) is 6.83. The number of benzene rings is 1. The molecule has 0 bridgehead atoms. The summed E-state index contributed by atoms with van der Waals surface area (Å²) in [5.41, 5.74) is 0. The predicted molar refractivity (Wildman–Crippen MR) is 55.2 cm³/mol. The number of hydrogen-bond acceptors (Lipinski definition) is 3. The Balaban J connectivity index is 2.99. The minimum absolute atomic E-state index is 0.427. The average Bonchev–Trinajstić information content (AvgIpc) is 2.25. The van der Waals surface area contributed by atoms with Crippen LogP contribution in [0.4, 0.5) is 0 Å². The Bertz CT molecular complexity index is 285. The van der Waals surface area contributed by atoms with E-state index in [1.165, 1.54) is 0 Å². The highest BCUT2D eigenvalue weighted by atomic mass is 16.5. The largest absolute Gasteiger partial charge is 0.493 e. The molecule has 0 aromatic heterocycles. The Labute approximate surface area is 83.9 Å². The zero-order valence-corrected chi connectivity index (χ0v) is 8.45. The lowest BCUT2D eigenvalue weighted by molar-refractivity contribution is 0.301. The van der Waals surface area contributed by atoms with Crippen molar-refractivity contribution in [2.45, 2.75) is 0 Å². The number of ether oxygens (including phenoxy) is 3. The summed E-state index contributed by atoms with van der Waals surface area (Å²) in [6.45, 7) is 4.01. The van der Waals surface area contributed by atoms with Gasteiger partial charge in [0.15, 0.2) is 11.5 Å². The molecule has 0 heterocycles. The van der Waals surface area contributed by atoms with Gasteiger partial charge in [0.05, 0.1) is 14.2 Å².